The molecule has 1 aliphatic carbocycles. The van der Waals surface area contributed by atoms with Gasteiger partial charge in [-0.25, -0.2) is 0 Å². The van der Waals surface area contributed by atoms with Crippen LogP contribution in [0.5, 0.6) is 5.75 Å². The molecule has 0 radical (unpaired) electrons. The predicted octanol–water partition coefficient (Wildman–Crippen LogP) is 5.83. The Hall–Kier alpha value is -3.49. The van der Waals surface area contributed by atoms with Gasteiger partial charge in [-0.3, -0.25) is 4.79 Å². The lowest BCUT2D eigenvalue weighted by Crippen LogP contribution is -2.43. The average molecular weight is 551 g/mol. The van der Waals surface area contributed by atoms with Gasteiger partial charge >= 0.3 is 0 Å². The second-order valence-corrected chi connectivity index (χ2v) is 11.0. The smallest absolute Gasteiger partial charge is 0.162 e. The normalized spacial score (nSPS) is 18.7. The number of hydrogen-bond acceptors (Lipinski definition) is 7. The van der Waals surface area contributed by atoms with E-state index in [-0.39, 0.29) is 39.2 Å². The van der Waals surface area contributed by atoms with Crippen LogP contribution in [-0.4, -0.2) is 30.9 Å². The van der Waals surface area contributed by atoms with Crippen LogP contribution < -0.4 is 10.5 Å². The molecule has 2 aliphatic rings. The molecular weight excluding hydrogens is 523 g/mol. The highest BCUT2D eigenvalue weighted by Crippen LogP contribution is 2.50. The topological polar surface area (TPSA) is 112 Å². The Kier molecular flexibility index (Phi) is 8.04. The first-order valence-electron chi connectivity index (χ1n) is 12.1. The van der Waals surface area contributed by atoms with E-state index in [1.807, 2.05) is 24.8 Å². The van der Waals surface area contributed by atoms with E-state index >= 15 is 0 Å². The van der Waals surface area contributed by atoms with Crippen molar-refractivity contribution >= 4 is 29.0 Å². The molecule has 9 heteroatoms. The van der Waals surface area contributed by atoms with Crippen molar-refractivity contribution in [1.82, 2.24) is 4.90 Å². The fraction of sp³-hybridized carbons (Fsp3) is 0.345. The minimum Gasteiger partial charge on any atom is -0.486 e. The van der Waals surface area contributed by atoms with E-state index in [0.717, 1.165) is 5.70 Å². The second-order valence-electron chi connectivity index (χ2n) is 10.2. The summed E-state index contributed by atoms with van der Waals surface area (Å²) in [6.45, 7) is 4.99. The highest BCUT2D eigenvalue weighted by Gasteiger charge is 2.44. The molecule has 38 heavy (non-hydrogen) atoms. The maximum Gasteiger partial charge on any atom is 0.162 e. The van der Waals surface area contributed by atoms with Gasteiger partial charge in [0.25, 0.3) is 0 Å². The number of rotatable bonds is 7. The number of carbonyl (C=O) groups is 1. The minimum atomic E-state index is -0.708. The molecular formula is C29H28Cl2N4O3. The van der Waals surface area contributed by atoms with Crippen LogP contribution >= 0.6 is 23.2 Å². The van der Waals surface area contributed by atoms with Crippen LogP contribution in [0.25, 0.3) is 0 Å². The van der Waals surface area contributed by atoms with Crippen LogP contribution in [0.1, 0.15) is 49.3 Å². The molecule has 0 fully saturated rings. The number of nitrogens with two attached hydrogens (primary N) is 1. The van der Waals surface area contributed by atoms with Crippen LogP contribution in [0.15, 0.2) is 59.1 Å². The van der Waals surface area contributed by atoms with Crippen molar-refractivity contribution in [1.29, 1.82) is 10.5 Å². The number of methoxy groups -OCH3 is 1. The highest BCUT2D eigenvalue weighted by molar-refractivity contribution is 6.37. The molecule has 0 spiro atoms. The Morgan fingerprint density at radius 1 is 1.13 bits per heavy atom. The number of ether oxygens (including phenoxy) is 2. The zero-order chi connectivity index (χ0) is 27.6. The number of Topliss-reactive ketones (excluding diaryl/α,β-unsaturated/α-hetero) is 1. The molecule has 0 saturated heterocycles. The van der Waals surface area contributed by atoms with E-state index in [2.05, 4.69) is 12.1 Å². The lowest BCUT2D eigenvalue weighted by atomic mass is 9.68. The summed E-state index contributed by atoms with van der Waals surface area (Å²) in [5.41, 5.74) is 9.66. The predicted molar refractivity (Wildman–Crippen MR) is 145 cm³/mol. The van der Waals surface area contributed by atoms with Crippen molar-refractivity contribution in [2.75, 3.05) is 20.3 Å². The van der Waals surface area contributed by atoms with Crippen molar-refractivity contribution in [2.45, 2.75) is 39.2 Å². The Balaban J connectivity index is 1.77. The summed E-state index contributed by atoms with van der Waals surface area (Å²) >= 11 is 13.3. The molecule has 2 aromatic rings. The molecule has 1 heterocycles. The van der Waals surface area contributed by atoms with E-state index in [1.54, 1.807) is 37.4 Å². The van der Waals surface area contributed by atoms with Crippen molar-refractivity contribution < 1.29 is 14.3 Å². The molecule has 1 atom stereocenters. The van der Waals surface area contributed by atoms with Gasteiger partial charge in [0.2, 0.25) is 0 Å². The lowest BCUT2D eigenvalue weighted by molar-refractivity contribution is -0.118. The van der Waals surface area contributed by atoms with E-state index in [1.165, 1.54) is 0 Å². The average Bonchev–Trinajstić information content (AvgIpc) is 2.86. The van der Waals surface area contributed by atoms with Crippen LogP contribution in [0, 0.1) is 28.1 Å². The molecule has 0 aromatic heterocycles. The third-order valence-electron chi connectivity index (χ3n) is 6.87. The zero-order valence-electron chi connectivity index (χ0n) is 21.5. The molecule has 0 unspecified atom stereocenters. The number of allylic oxidation sites excluding steroid dienone is 3. The molecule has 2 aromatic carbocycles. The molecule has 196 valence electrons. The van der Waals surface area contributed by atoms with E-state index in [4.69, 9.17) is 38.4 Å². The highest BCUT2D eigenvalue weighted by atomic mass is 35.5. The van der Waals surface area contributed by atoms with Gasteiger partial charge in [0.05, 0.1) is 45.8 Å². The number of hydrogen-bond donors (Lipinski definition) is 1. The number of nitriles is 2. The summed E-state index contributed by atoms with van der Waals surface area (Å²) in [6, 6.07) is 14.8. The van der Waals surface area contributed by atoms with Gasteiger partial charge in [0, 0.05) is 36.9 Å². The molecule has 0 bridgehead atoms. The third kappa shape index (κ3) is 5.24. The van der Waals surface area contributed by atoms with Gasteiger partial charge in [-0.05, 0) is 35.6 Å². The summed E-state index contributed by atoms with van der Waals surface area (Å²) in [5, 5.41) is 20.0. The lowest BCUT2D eigenvalue weighted by Gasteiger charge is -2.43. The summed E-state index contributed by atoms with van der Waals surface area (Å²) in [6.07, 6.45) is 0.967. The first kappa shape index (κ1) is 27.5. The number of nitrogens with zero attached hydrogens (tertiary/aromatic N) is 3. The first-order chi connectivity index (χ1) is 18.1. The van der Waals surface area contributed by atoms with Crippen LogP contribution in [0.4, 0.5) is 0 Å². The zero-order valence-corrected chi connectivity index (χ0v) is 23.0. The Bertz CT molecular complexity index is 1410. The Morgan fingerprint density at radius 3 is 2.45 bits per heavy atom. The van der Waals surface area contributed by atoms with Crippen molar-refractivity contribution in [3.05, 3.63) is 85.8 Å². The van der Waals surface area contributed by atoms with Crippen molar-refractivity contribution in [3.63, 3.8) is 0 Å². The maximum atomic E-state index is 13.6. The Labute approximate surface area is 232 Å². The van der Waals surface area contributed by atoms with Gasteiger partial charge in [-0.2, -0.15) is 10.5 Å². The number of carbonyl (C=O) groups excluding carboxylic acids is 1. The molecule has 0 saturated carbocycles. The minimum absolute atomic E-state index is 0.0374. The Morgan fingerprint density at radius 2 is 1.82 bits per heavy atom. The van der Waals surface area contributed by atoms with Crippen molar-refractivity contribution in [3.8, 4) is 17.9 Å². The van der Waals surface area contributed by atoms with Gasteiger partial charge in [-0.1, -0.05) is 55.2 Å². The summed E-state index contributed by atoms with van der Waals surface area (Å²) in [4.78, 5) is 15.4. The molecule has 0 amide bonds. The van der Waals surface area contributed by atoms with Gasteiger partial charge in [0.15, 0.2) is 11.5 Å². The quantitative estimate of drug-likeness (QED) is 0.461. The number of halogens is 2. The van der Waals surface area contributed by atoms with E-state index in [9.17, 15) is 15.3 Å². The number of benzene rings is 2. The van der Waals surface area contributed by atoms with E-state index < -0.39 is 5.92 Å². The van der Waals surface area contributed by atoms with Gasteiger partial charge in [0.1, 0.15) is 12.4 Å². The van der Waals surface area contributed by atoms with Gasteiger partial charge < -0.3 is 20.1 Å². The van der Waals surface area contributed by atoms with Gasteiger partial charge in [-0.15, -0.1) is 0 Å². The summed E-state index contributed by atoms with van der Waals surface area (Å²) in [7, 11) is 1.59. The molecule has 4 rings (SSSR count). The van der Waals surface area contributed by atoms with Crippen LogP contribution in [-0.2, 0) is 16.1 Å². The summed E-state index contributed by atoms with van der Waals surface area (Å²) < 4.78 is 11.2. The summed E-state index contributed by atoms with van der Waals surface area (Å²) in [5.74, 6) is -0.201. The monoisotopic (exact) mass is 550 g/mol. The molecule has 2 N–H and O–H groups in total. The fourth-order valence-electron chi connectivity index (χ4n) is 5.14. The SMILES string of the molecule is COCCN1C(N)=C(C#N)[C@H](c2cc(Cl)c(OCc3ccccc3C#N)c(Cl)c2)C2=C1CC(C)(C)CC2=O. The second kappa shape index (κ2) is 11.1. The standard InChI is InChI=1S/C29H28Cl2N4O3/c1-29(2)12-23-26(24(36)13-29)25(20(15-33)28(34)35(23)8-9-37-3)19-10-21(30)27(22(31)11-19)38-16-18-7-5-4-6-17(18)14-32/h4-7,10-11,25H,8-9,12-13,16,34H2,1-3H3/t25-/m0/s1. The maximum absolute atomic E-state index is 13.6. The van der Waals surface area contributed by atoms with E-state index in [0.29, 0.717) is 54.1 Å². The van der Waals surface area contributed by atoms with Crippen LogP contribution in [0.2, 0.25) is 10.0 Å². The van der Waals surface area contributed by atoms with Crippen LogP contribution in [0.3, 0.4) is 0 Å². The fourth-order valence-corrected chi connectivity index (χ4v) is 5.75. The number of ketones is 1. The van der Waals surface area contributed by atoms with Crippen molar-refractivity contribution in [2.24, 2.45) is 11.1 Å². The largest absolute Gasteiger partial charge is 0.486 e. The first-order valence-corrected chi connectivity index (χ1v) is 12.9. The molecule has 1 aliphatic heterocycles. The molecule has 7 nitrogen and oxygen atoms in total. The third-order valence-corrected chi connectivity index (χ3v) is 7.43.